The van der Waals surface area contributed by atoms with E-state index in [1.54, 1.807) is 25.1 Å². The molecular weight excluding hydrogens is 383 g/mol. The van der Waals surface area contributed by atoms with Gasteiger partial charge in [-0.05, 0) is 30.7 Å². The third-order valence-electron chi connectivity index (χ3n) is 4.25. The van der Waals surface area contributed by atoms with Crippen LogP contribution in [0, 0.1) is 17.1 Å². The number of aryl methyl sites for hydroxylation is 1. The third-order valence-corrected chi connectivity index (χ3v) is 5.22. The maximum absolute atomic E-state index is 14.3. The summed E-state index contributed by atoms with van der Waals surface area (Å²) in [5.41, 5.74) is 1.34. The maximum Gasteiger partial charge on any atom is 0.238 e. The fourth-order valence-electron chi connectivity index (χ4n) is 3.00. The van der Waals surface area contributed by atoms with E-state index in [0.717, 1.165) is 0 Å². The van der Waals surface area contributed by atoms with E-state index in [2.05, 4.69) is 11.2 Å². The molecule has 1 aromatic heterocycles. The first-order valence-corrected chi connectivity index (χ1v) is 9.83. The summed E-state index contributed by atoms with van der Waals surface area (Å²) in [4.78, 5) is -0.129. The van der Waals surface area contributed by atoms with Gasteiger partial charge < -0.3 is 4.74 Å². The predicted molar refractivity (Wildman–Crippen MR) is 101 cm³/mol. The van der Waals surface area contributed by atoms with Gasteiger partial charge in [0.1, 0.15) is 17.5 Å². The van der Waals surface area contributed by atoms with Gasteiger partial charge in [0.15, 0.2) is 11.6 Å². The fraction of sp³-hybridized carbons (Fsp3) is 0.158. The lowest BCUT2D eigenvalue weighted by atomic mass is 9.98. The van der Waals surface area contributed by atoms with Crippen molar-refractivity contribution in [2.24, 2.45) is 5.14 Å². The second-order valence-corrected chi connectivity index (χ2v) is 7.42. The number of halogens is 1. The highest BCUT2D eigenvalue weighted by Crippen LogP contribution is 2.38. The fourth-order valence-corrected chi connectivity index (χ4v) is 3.74. The topological polar surface area (TPSA) is 111 Å². The lowest BCUT2D eigenvalue weighted by Crippen LogP contribution is -2.13. The van der Waals surface area contributed by atoms with E-state index in [4.69, 9.17) is 9.88 Å². The van der Waals surface area contributed by atoms with Crippen LogP contribution in [0.3, 0.4) is 0 Å². The SMILES string of the molecule is CCn1nc(-c2ccccc2S(N)(=O)=O)c(-c2ccc(OC)c(F)c2)c1C#N. The molecule has 0 aliphatic carbocycles. The minimum absolute atomic E-state index is 0.0524. The normalized spacial score (nSPS) is 11.2. The Labute approximate surface area is 161 Å². The van der Waals surface area contributed by atoms with Gasteiger partial charge in [0, 0.05) is 17.7 Å². The van der Waals surface area contributed by atoms with Crippen molar-refractivity contribution in [3.63, 3.8) is 0 Å². The Morgan fingerprint density at radius 2 is 2.00 bits per heavy atom. The number of primary sulfonamides is 1. The van der Waals surface area contributed by atoms with Gasteiger partial charge in [-0.15, -0.1) is 0 Å². The maximum atomic E-state index is 14.3. The highest BCUT2D eigenvalue weighted by Gasteiger charge is 2.25. The predicted octanol–water partition coefficient (Wildman–Crippen LogP) is 2.90. The first kappa shape index (κ1) is 19.5. The van der Waals surface area contributed by atoms with Gasteiger partial charge in [-0.3, -0.25) is 4.68 Å². The highest BCUT2D eigenvalue weighted by molar-refractivity contribution is 7.89. The molecule has 0 aliphatic heterocycles. The Morgan fingerprint density at radius 1 is 1.29 bits per heavy atom. The Morgan fingerprint density at radius 3 is 2.57 bits per heavy atom. The van der Waals surface area contributed by atoms with Crippen LogP contribution in [0.4, 0.5) is 4.39 Å². The van der Waals surface area contributed by atoms with Crippen LogP contribution in [0.1, 0.15) is 12.6 Å². The molecule has 144 valence electrons. The Bertz CT molecular complexity index is 1200. The molecular formula is C19H17FN4O3S. The number of nitriles is 1. The second-order valence-electron chi connectivity index (χ2n) is 5.89. The number of hydrogen-bond acceptors (Lipinski definition) is 5. The van der Waals surface area contributed by atoms with E-state index < -0.39 is 15.8 Å². The molecule has 0 saturated heterocycles. The number of hydrogen-bond donors (Lipinski definition) is 1. The Kier molecular flexibility index (Phi) is 5.18. The molecule has 28 heavy (non-hydrogen) atoms. The molecule has 0 amide bonds. The van der Waals surface area contributed by atoms with Crippen LogP contribution in [0.25, 0.3) is 22.4 Å². The molecule has 0 aliphatic rings. The minimum Gasteiger partial charge on any atom is -0.494 e. The number of methoxy groups -OCH3 is 1. The van der Waals surface area contributed by atoms with Crippen molar-refractivity contribution in [1.82, 2.24) is 9.78 Å². The molecule has 3 aromatic rings. The van der Waals surface area contributed by atoms with Gasteiger partial charge in [0.05, 0.1) is 12.0 Å². The first-order chi connectivity index (χ1) is 13.3. The van der Waals surface area contributed by atoms with Crippen molar-refractivity contribution in [1.29, 1.82) is 5.26 Å². The molecule has 3 rings (SSSR count). The van der Waals surface area contributed by atoms with Crippen LogP contribution in [-0.4, -0.2) is 25.3 Å². The number of ether oxygens (including phenoxy) is 1. The van der Waals surface area contributed by atoms with E-state index in [9.17, 15) is 18.1 Å². The van der Waals surface area contributed by atoms with Crippen molar-refractivity contribution in [3.05, 3.63) is 54.0 Å². The molecule has 9 heteroatoms. The van der Waals surface area contributed by atoms with Crippen molar-refractivity contribution in [2.75, 3.05) is 7.11 Å². The summed E-state index contributed by atoms with van der Waals surface area (Å²) in [6.45, 7) is 2.16. The minimum atomic E-state index is -4.04. The van der Waals surface area contributed by atoms with E-state index in [-0.39, 0.29) is 27.6 Å². The summed E-state index contributed by atoms with van der Waals surface area (Å²) in [6, 6.07) is 12.4. The zero-order valence-corrected chi connectivity index (χ0v) is 16.0. The van der Waals surface area contributed by atoms with Crippen molar-refractivity contribution >= 4 is 10.0 Å². The van der Waals surface area contributed by atoms with E-state index in [1.807, 2.05) is 0 Å². The molecule has 1 heterocycles. The van der Waals surface area contributed by atoms with Crippen LogP contribution in [0.2, 0.25) is 0 Å². The van der Waals surface area contributed by atoms with E-state index >= 15 is 0 Å². The van der Waals surface area contributed by atoms with E-state index in [0.29, 0.717) is 17.7 Å². The first-order valence-electron chi connectivity index (χ1n) is 8.28. The zero-order valence-electron chi connectivity index (χ0n) is 15.2. The molecule has 0 atom stereocenters. The summed E-state index contributed by atoms with van der Waals surface area (Å²) in [7, 11) is -2.69. The molecule has 0 radical (unpaired) electrons. The second kappa shape index (κ2) is 7.42. The van der Waals surface area contributed by atoms with E-state index in [1.165, 1.54) is 36.1 Å². The van der Waals surface area contributed by atoms with Gasteiger partial charge in [0.2, 0.25) is 10.0 Å². The Hall–Kier alpha value is -3.22. The number of sulfonamides is 1. The molecule has 0 fully saturated rings. The van der Waals surface area contributed by atoms with Crippen molar-refractivity contribution in [2.45, 2.75) is 18.4 Å². The lowest BCUT2D eigenvalue weighted by molar-refractivity contribution is 0.386. The number of nitrogens with two attached hydrogens (primary N) is 1. The molecule has 0 spiro atoms. The van der Waals surface area contributed by atoms with Gasteiger partial charge >= 0.3 is 0 Å². The zero-order chi connectivity index (χ0) is 20.5. The monoisotopic (exact) mass is 400 g/mol. The average molecular weight is 400 g/mol. The highest BCUT2D eigenvalue weighted by atomic mass is 32.2. The quantitative estimate of drug-likeness (QED) is 0.708. The summed E-state index contributed by atoms with van der Waals surface area (Å²) in [5.74, 6) is -0.560. The molecule has 0 unspecified atom stereocenters. The molecule has 0 bridgehead atoms. The smallest absolute Gasteiger partial charge is 0.238 e. The summed E-state index contributed by atoms with van der Waals surface area (Å²) >= 11 is 0. The standard InChI is InChI=1S/C19H17FN4O3S/c1-3-24-15(11-21)18(12-8-9-16(27-2)14(20)10-12)19(23-24)13-6-4-5-7-17(13)28(22,25)26/h4-10H,3H2,1-2H3,(H2,22,25,26). The molecule has 2 N–H and O–H groups in total. The van der Waals surface area contributed by atoms with Crippen LogP contribution >= 0.6 is 0 Å². The van der Waals surface area contributed by atoms with Crippen molar-refractivity contribution in [3.8, 4) is 34.2 Å². The number of rotatable bonds is 5. The molecule has 0 saturated carbocycles. The summed E-state index contributed by atoms with van der Waals surface area (Å²) < 4.78 is 44.8. The van der Waals surface area contributed by atoms with Crippen LogP contribution < -0.4 is 9.88 Å². The average Bonchev–Trinajstić information content (AvgIpc) is 3.05. The van der Waals surface area contributed by atoms with Gasteiger partial charge in [0.25, 0.3) is 0 Å². The Balaban J connectivity index is 2.39. The van der Waals surface area contributed by atoms with Crippen LogP contribution in [-0.2, 0) is 16.6 Å². The summed E-state index contributed by atoms with van der Waals surface area (Å²) in [6.07, 6.45) is 0. The largest absolute Gasteiger partial charge is 0.494 e. The molecule has 7 nitrogen and oxygen atoms in total. The lowest BCUT2D eigenvalue weighted by Gasteiger charge is -2.09. The summed E-state index contributed by atoms with van der Waals surface area (Å²) in [5, 5.41) is 19.4. The van der Waals surface area contributed by atoms with Crippen molar-refractivity contribution < 1.29 is 17.5 Å². The third kappa shape index (κ3) is 3.35. The van der Waals surface area contributed by atoms with Crippen LogP contribution in [0.15, 0.2) is 47.4 Å². The number of benzene rings is 2. The van der Waals surface area contributed by atoms with Crippen LogP contribution in [0.5, 0.6) is 5.75 Å². The number of nitrogens with zero attached hydrogens (tertiary/aromatic N) is 3. The van der Waals surface area contributed by atoms with Gasteiger partial charge in [-0.1, -0.05) is 24.3 Å². The van der Waals surface area contributed by atoms with Gasteiger partial charge in [-0.2, -0.15) is 10.4 Å². The number of aromatic nitrogens is 2. The van der Waals surface area contributed by atoms with Gasteiger partial charge in [-0.25, -0.2) is 17.9 Å². The molecule has 2 aromatic carbocycles.